The second kappa shape index (κ2) is 18.7. The van der Waals surface area contributed by atoms with Gasteiger partial charge in [0, 0.05) is 12.5 Å². The molecule has 12 heteroatoms. The van der Waals surface area contributed by atoms with Gasteiger partial charge < -0.3 is 28.5 Å². The zero-order chi connectivity index (χ0) is 26.4. The molecule has 1 saturated heterocycles. The number of hydrogen-bond donors (Lipinski definition) is 1. The first-order valence-corrected chi connectivity index (χ1v) is 12.8. The first-order chi connectivity index (χ1) is 15.6. The van der Waals surface area contributed by atoms with Crippen LogP contribution in [0.25, 0.3) is 0 Å². The molecule has 0 aromatic carbocycles. The lowest BCUT2D eigenvalue weighted by molar-refractivity contribution is -0.158. The van der Waals surface area contributed by atoms with E-state index in [2.05, 4.69) is 6.92 Å². The second-order valence-electron chi connectivity index (χ2n) is 10.4. The first-order valence-electron chi connectivity index (χ1n) is 12.3. The number of hydrogen-bond acceptors (Lipinski definition) is 8. The summed E-state index contributed by atoms with van der Waals surface area (Å²) in [5, 5.41) is 9.07. The van der Waals surface area contributed by atoms with E-state index < -0.39 is 18.3 Å². The van der Waals surface area contributed by atoms with Crippen LogP contribution < -0.4 is 0 Å². The Hall–Kier alpha value is -0.450. The molecule has 0 unspecified atom stereocenters. The predicted molar refractivity (Wildman–Crippen MR) is 146 cm³/mol. The van der Waals surface area contributed by atoms with Crippen LogP contribution in [0.2, 0.25) is 13.1 Å². The summed E-state index contributed by atoms with van der Waals surface area (Å²) in [6.45, 7) is 15.6. The summed E-state index contributed by atoms with van der Waals surface area (Å²) in [5.74, 6) is -0.0974. The summed E-state index contributed by atoms with van der Waals surface area (Å²) in [4.78, 5) is 23.1. The molecular weight excluding hydrogens is 493 g/mol. The maximum absolute atomic E-state index is 11.8. The van der Waals surface area contributed by atoms with Gasteiger partial charge >= 0.3 is 26.2 Å². The lowest BCUT2D eigenvalue weighted by atomic mass is 9.87. The number of unbranched alkanes of at least 4 members (excludes halogenated alkanes) is 1. The summed E-state index contributed by atoms with van der Waals surface area (Å²) in [7, 11) is -1.04. The topological polar surface area (TPSA) is 101 Å². The van der Waals surface area contributed by atoms with Gasteiger partial charge in [-0.3, -0.25) is 9.59 Å². The third-order valence-electron chi connectivity index (χ3n) is 4.38. The average molecular weight is 541 g/mol. The highest BCUT2D eigenvalue weighted by Gasteiger charge is 2.31. The average Bonchev–Trinajstić information content (AvgIpc) is 3.04. The van der Waals surface area contributed by atoms with Crippen LogP contribution in [0.5, 0.6) is 0 Å². The van der Waals surface area contributed by atoms with Crippen molar-refractivity contribution in [1.29, 1.82) is 0 Å². The highest BCUT2D eigenvalue weighted by molar-refractivity contribution is 7.59. The smallest absolute Gasteiger partial charge is 0.454 e. The molecule has 2 atom stereocenters. The number of rotatable bonds is 12. The molecule has 1 aliphatic heterocycles. The molecule has 0 spiro atoms. The normalized spacial score (nSPS) is 16.5. The number of esters is 2. The molecule has 0 bridgehead atoms. The summed E-state index contributed by atoms with van der Waals surface area (Å²) in [6.07, 6.45) is 3.99. The Bertz CT molecular complexity index is 587. The molecule has 206 valence electrons. The molecule has 0 radical (unpaired) electrons. The summed E-state index contributed by atoms with van der Waals surface area (Å²) < 4.78 is 26.8. The van der Waals surface area contributed by atoms with Crippen LogP contribution in [0.3, 0.4) is 0 Å². The number of carbonyl (C=O) groups is 2. The highest BCUT2D eigenvalue weighted by Crippen LogP contribution is 2.20. The molecule has 0 saturated carbocycles. The number of alkyl halides is 1. The quantitative estimate of drug-likeness (QED) is 0.164. The van der Waals surface area contributed by atoms with Crippen molar-refractivity contribution >= 4 is 51.3 Å². The van der Waals surface area contributed by atoms with E-state index in [4.69, 9.17) is 40.1 Å². The van der Waals surface area contributed by atoms with Crippen molar-refractivity contribution in [3.05, 3.63) is 0 Å². The van der Waals surface area contributed by atoms with Crippen molar-refractivity contribution in [3.8, 4) is 0 Å². The van der Waals surface area contributed by atoms with E-state index in [0.717, 1.165) is 19.3 Å². The van der Waals surface area contributed by atoms with E-state index in [1.807, 2.05) is 48.4 Å². The minimum atomic E-state index is -0.706. The molecular formula is C23H47B2ClO8S. The predicted octanol–water partition coefficient (Wildman–Crippen LogP) is 4.77. The van der Waals surface area contributed by atoms with Crippen molar-refractivity contribution in [3.63, 3.8) is 0 Å². The van der Waals surface area contributed by atoms with Gasteiger partial charge in [-0.2, -0.15) is 13.5 Å². The van der Waals surface area contributed by atoms with Crippen molar-refractivity contribution < 1.29 is 38.0 Å². The second-order valence-corrected chi connectivity index (χ2v) is 10.8. The van der Waals surface area contributed by atoms with Crippen LogP contribution in [0, 0.1) is 0 Å². The molecule has 1 fully saturated rings. The number of carbonyl (C=O) groups excluding carboxylic acids is 2. The van der Waals surface area contributed by atoms with Gasteiger partial charge in [0.15, 0.2) is 0 Å². The van der Waals surface area contributed by atoms with Gasteiger partial charge in [-0.05, 0) is 73.9 Å². The zero-order valence-electron chi connectivity index (χ0n) is 22.9. The Morgan fingerprint density at radius 3 is 2.17 bits per heavy atom. The maximum Gasteiger partial charge on any atom is 0.454 e. The van der Waals surface area contributed by atoms with Crippen LogP contribution in [0.1, 0.15) is 87.0 Å². The summed E-state index contributed by atoms with van der Waals surface area (Å²) in [5.41, 5.74) is -0.930. The van der Waals surface area contributed by atoms with E-state index >= 15 is 0 Å². The molecule has 8 nitrogen and oxygen atoms in total. The van der Waals surface area contributed by atoms with Gasteiger partial charge in [0.25, 0.3) is 0 Å². The van der Waals surface area contributed by atoms with Gasteiger partial charge in [0.1, 0.15) is 11.2 Å². The van der Waals surface area contributed by atoms with Crippen molar-refractivity contribution in [2.45, 2.75) is 124 Å². The minimum absolute atomic E-state index is 0. The fraction of sp³-hybridized carbons (Fsp3) is 0.913. The monoisotopic (exact) mass is 540 g/mol. The SMILES string of the molecule is CC(C)(C)OC(=O)C[C@@H]1CCB(O)O1.CCCCOB(C)O[C@@H](CCCl)CC(=O)OC(C)(C)C.S. The van der Waals surface area contributed by atoms with E-state index in [0.29, 0.717) is 25.2 Å². The number of ether oxygens (including phenoxy) is 2. The van der Waals surface area contributed by atoms with Crippen LogP contribution >= 0.6 is 25.1 Å². The van der Waals surface area contributed by atoms with Crippen molar-refractivity contribution in [2.24, 2.45) is 0 Å². The van der Waals surface area contributed by atoms with Crippen LogP contribution in [0.4, 0.5) is 0 Å². The fourth-order valence-corrected chi connectivity index (χ4v) is 3.26. The Kier molecular flexibility index (Phi) is 19.7. The van der Waals surface area contributed by atoms with Crippen LogP contribution in [-0.4, -0.2) is 67.1 Å². The lowest BCUT2D eigenvalue weighted by Gasteiger charge is -2.23. The Morgan fingerprint density at radius 2 is 1.71 bits per heavy atom. The van der Waals surface area contributed by atoms with E-state index in [1.165, 1.54) is 0 Å². The largest absolute Gasteiger partial charge is 0.460 e. The van der Waals surface area contributed by atoms with E-state index in [9.17, 15) is 9.59 Å². The van der Waals surface area contributed by atoms with E-state index in [-0.39, 0.29) is 57.6 Å². The van der Waals surface area contributed by atoms with Gasteiger partial charge in [0.2, 0.25) is 0 Å². The van der Waals surface area contributed by atoms with Crippen molar-refractivity contribution in [2.75, 3.05) is 12.5 Å². The standard InChI is InChI=1S/C14H28BClO4.C9H17BO4.H2S/c1-6-7-10-18-15(5)20-12(8-9-16)11-13(17)19-14(2,3)4;1-9(2,3)13-8(11)6-7-4-5-10(12)14-7;/h12H,6-11H2,1-5H3;7,12H,4-6H2,1-3H3;1H2/t12-;7-;/m00./s1. The van der Waals surface area contributed by atoms with Gasteiger partial charge in [-0.25, -0.2) is 0 Å². The van der Waals surface area contributed by atoms with Crippen LogP contribution in [0.15, 0.2) is 0 Å². The van der Waals surface area contributed by atoms with Gasteiger partial charge in [-0.15, -0.1) is 11.6 Å². The first kappa shape index (κ1) is 36.7. The Balaban J connectivity index is 0. The molecule has 1 heterocycles. The Labute approximate surface area is 225 Å². The summed E-state index contributed by atoms with van der Waals surface area (Å²) >= 11 is 5.75. The van der Waals surface area contributed by atoms with Gasteiger partial charge in [-0.1, -0.05) is 13.3 Å². The molecule has 0 amide bonds. The molecule has 1 rings (SSSR count). The highest BCUT2D eigenvalue weighted by atomic mass is 35.5. The molecule has 35 heavy (non-hydrogen) atoms. The van der Waals surface area contributed by atoms with E-state index in [1.54, 1.807) is 0 Å². The third kappa shape index (κ3) is 22.5. The maximum atomic E-state index is 11.8. The van der Waals surface area contributed by atoms with Crippen LogP contribution in [-0.2, 0) is 33.0 Å². The zero-order valence-corrected chi connectivity index (χ0v) is 24.6. The molecule has 1 aliphatic rings. The van der Waals surface area contributed by atoms with Gasteiger partial charge in [0.05, 0.1) is 25.0 Å². The molecule has 0 aromatic rings. The third-order valence-corrected chi connectivity index (χ3v) is 4.60. The van der Waals surface area contributed by atoms with Crippen molar-refractivity contribution in [1.82, 2.24) is 0 Å². The lowest BCUT2D eigenvalue weighted by Crippen LogP contribution is -2.32. The minimum Gasteiger partial charge on any atom is -0.460 e. The summed E-state index contributed by atoms with van der Waals surface area (Å²) in [6, 6.07) is 0. The molecule has 0 aromatic heterocycles. The number of halogens is 1. The molecule has 1 N–H and O–H groups in total. The fourth-order valence-electron chi connectivity index (χ4n) is 3.02. The Morgan fingerprint density at radius 1 is 1.14 bits per heavy atom. The molecule has 0 aliphatic carbocycles.